The third-order valence-corrected chi connectivity index (χ3v) is 6.77. The highest BCUT2D eigenvalue weighted by Gasteiger charge is 2.31. The SMILES string of the molecule is CC[C@@H](C(=O)NCCSCc1ccc(C)cc1)N(c1cccc(Cl)c1)S(C)(=O)=O. The molecule has 0 heterocycles. The van der Waals surface area contributed by atoms with Gasteiger partial charge in [-0.15, -0.1) is 0 Å². The number of hydrogen-bond donors (Lipinski definition) is 1. The summed E-state index contributed by atoms with van der Waals surface area (Å²) in [5.41, 5.74) is 2.85. The molecule has 1 atom stereocenters. The van der Waals surface area contributed by atoms with E-state index < -0.39 is 16.1 Å². The van der Waals surface area contributed by atoms with E-state index in [1.54, 1.807) is 43.0 Å². The molecule has 0 aliphatic rings. The number of sulfonamides is 1. The van der Waals surface area contributed by atoms with Crippen LogP contribution in [-0.2, 0) is 20.6 Å². The zero-order valence-corrected chi connectivity index (χ0v) is 19.3. The van der Waals surface area contributed by atoms with Gasteiger partial charge in [0.1, 0.15) is 6.04 Å². The third kappa shape index (κ3) is 7.24. The lowest BCUT2D eigenvalue weighted by molar-refractivity contribution is -0.122. The maximum absolute atomic E-state index is 12.7. The van der Waals surface area contributed by atoms with Crippen molar-refractivity contribution in [3.8, 4) is 0 Å². The molecule has 0 saturated carbocycles. The predicted octanol–water partition coefficient (Wildman–Crippen LogP) is 4.24. The van der Waals surface area contributed by atoms with Crippen molar-refractivity contribution in [1.82, 2.24) is 5.32 Å². The van der Waals surface area contributed by atoms with Gasteiger partial charge in [0, 0.05) is 23.1 Å². The van der Waals surface area contributed by atoms with Crippen molar-refractivity contribution in [1.29, 1.82) is 0 Å². The van der Waals surface area contributed by atoms with Crippen molar-refractivity contribution in [3.05, 3.63) is 64.7 Å². The van der Waals surface area contributed by atoms with E-state index >= 15 is 0 Å². The quantitative estimate of drug-likeness (QED) is 0.545. The number of carbonyl (C=O) groups is 1. The standard InChI is InChI=1S/C21H27ClN2O3S2/c1-4-20(24(29(3,26)27)19-7-5-6-18(22)14-19)21(25)23-12-13-28-15-17-10-8-16(2)9-11-17/h5-11,14,20H,4,12-13,15H2,1-3H3,(H,23,25)/t20-/m0/s1. The number of nitrogens with zero attached hydrogens (tertiary/aromatic N) is 1. The molecular formula is C21H27ClN2O3S2. The van der Waals surface area contributed by atoms with E-state index in [1.165, 1.54) is 11.1 Å². The van der Waals surface area contributed by atoms with Crippen LogP contribution in [0.3, 0.4) is 0 Å². The van der Waals surface area contributed by atoms with Crippen molar-refractivity contribution in [2.75, 3.05) is 22.9 Å². The number of halogens is 1. The van der Waals surface area contributed by atoms with Gasteiger partial charge in [0.2, 0.25) is 15.9 Å². The van der Waals surface area contributed by atoms with Crippen LogP contribution < -0.4 is 9.62 Å². The number of amides is 1. The first-order valence-electron chi connectivity index (χ1n) is 9.38. The second-order valence-corrected chi connectivity index (χ2v) is 10.2. The Morgan fingerprint density at radius 3 is 2.48 bits per heavy atom. The molecule has 0 aliphatic carbocycles. The molecule has 0 bridgehead atoms. The van der Waals surface area contributed by atoms with Gasteiger partial charge in [-0.1, -0.05) is 54.4 Å². The summed E-state index contributed by atoms with van der Waals surface area (Å²) >= 11 is 7.74. The minimum atomic E-state index is -3.66. The molecule has 1 N–H and O–H groups in total. The summed E-state index contributed by atoms with van der Waals surface area (Å²) in [6.45, 7) is 4.32. The van der Waals surface area contributed by atoms with Crippen molar-refractivity contribution in [3.63, 3.8) is 0 Å². The molecule has 29 heavy (non-hydrogen) atoms. The molecule has 2 aromatic rings. The van der Waals surface area contributed by atoms with Gasteiger partial charge in [-0.2, -0.15) is 11.8 Å². The van der Waals surface area contributed by atoms with Crippen molar-refractivity contribution < 1.29 is 13.2 Å². The summed E-state index contributed by atoms with van der Waals surface area (Å²) < 4.78 is 26.0. The Morgan fingerprint density at radius 2 is 1.90 bits per heavy atom. The van der Waals surface area contributed by atoms with E-state index in [0.29, 0.717) is 23.7 Å². The summed E-state index contributed by atoms with van der Waals surface area (Å²) in [4.78, 5) is 12.7. The lowest BCUT2D eigenvalue weighted by Crippen LogP contribution is -2.49. The first-order valence-corrected chi connectivity index (χ1v) is 12.8. The number of thioether (sulfide) groups is 1. The first-order chi connectivity index (χ1) is 13.7. The molecule has 5 nitrogen and oxygen atoms in total. The molecule has 0 unspecified atom stereocenters. The molecule has 0 radical (unpaired) electrons. The third-order valence-electron chi connectivity index (χ3n) is 4.33. The Bertz CT molecular complexity index is 918. The van der Waals surface area contributed by atoms with Crippen molar-refractivity contribution in [2.24, 2.45) is 0 Å². The van der Waals surface area contributed by atoms with Gasteiger partial charge in [0.05, 0.1) is 11.9 Å². The highest BCUT2D eigenvalue weighted by atomic mass is 35.5. The Hall–Kier alpha value is -1.70. The van der Waals surface area contributed by atoms with Crippen LogP contribution in [0.4, 0.5) is 5.69 Å². The summed E-state index contributed by atoms with van der Waals surface area (Å²) in [7, 11) is -3.66. The zero-order chi connectivity index (χ0) is 21.4. The summed E-state index contributed by atoms with van der Waals surface area (Å²) in [6, 6.07) is 14.1. The fraction of sp³-hybridized carbons (Fsp3) is 0.381. The Kier molecular flexibility index (Phi) is 8.86. The number of benzene rings is 2. The second-order valence-electron chi connectivity index (χ2n) is 6.79. The number of anilines is 1. The number of nitrogens with one attached hydrogen (secondary N) is 1. The van der Waals surface area contributed by atoms with Gasteiger partial charge in [0.15, 0.2) is 0 Å². The number of hydrogen-bond acceptors (Lipinski definition) is 4. The molecule has 0 spiro atoms. The van der Waals surface area contributed by atoms with Crippen molar-refractivity contribution >= 4 is 45.0 Å². The molecular weight excluding hydrogens is 428 g/mol. The van der Waals surface area contributed by atoms with Crippen LogP contribution >= 0.6 is 23.4 Å². The highest BCUT2D eigenvalue weighted by molar-refractivity contribution is 7.98. The number of rotatable bonds is 10. The van der Waals surface area contributed by atoms with E-state index in [-0.39, 0.29) is 5.91 Å². The Labute approximate surface area is 182 Å². The molecule has 0 aromatic heterocycles. The average molecular weight is 455 g/mol. The van der Waals surface area contributed by atoms with Crippen LogP contribution in [0.1, 0.15) is 24.5 Å². The predicted molar refractivity (Wildman–Crippen MR) is 123 cm³/mol. The zero-order valence-electron chi connectivity index (χ0n) is 16.9. The molecule has 0 aliphatic heterocycles. The normalized spacial score (nSPS) is 12.4. The smallest absolute Gasteiger partial charge is 0.243 e. The molecule has 1 amide bonds. The molecule has 2 aromatic carbocycles. The molecule has 158 valence electrons. The lowest BCUT2D eigenvalue weighted by Gasteiger charge is -2.30. The van der Waals surface area contributed by atoms with Crippen LogP contribution in [0, 0.1) is 6.92 Å². The van der Waals surface area contributed by atoms with Gasteiger partial charge in [-0.25, -0.2) is 8.42 Å². The van der Waals surface area contributed by atoms with E-state index in [4.69, 9.17) is 11.6 Å². The van der Waals surface area contributed by atoms with E-state index in [2.05, 4.69) is 36.5 Å². The largest absolute Gasteiger partial charge is 0.353 e. The Morgan fingerprint density at radius 1 is 1.21 bits per heavy atom. The van der Waals surface area contributed by atoms with Crippen LogP contribution in [0.25, 0.3) is 0 Å². The fourth-order valence-corrected chi connectivity index (χ4v) is 5.12. The van der Waals surface area contributed by atoms with E-state index in [1.807, 2.05) is 0 Å². The maximum Gasteiger partial charge on any atom is 0.243 e. The van der Waals surface area contributed by atoms with Crippen molar-refractivity contribution in [2.45, 2.75) is 32.1 Å². The summed E-state index contributed by atoms with van der Waals surface area (Å²) in [5.74, 6) is 1.30. The number of carbonyl (C=O) groups excluding carboxylic acids is 1. The average Bonchev–Trinajstić information content (AvgIpc) is 2.66. The van der Waals surface area contributed by atoms with Crippen LogP contribution in [0.2, 0.25) is 5.02 Å². The molecule has 2 rings (SSSR count). The van der Waals surface area contributed by atoms with Crippen LogP contribution in [-0.4, -0.2) is 38.9 Å². The maximum atomic E-state index is 12.7. The first kappa shape index (κ1) is 23.6. The summed E-state index contributed by atoms with van der Waals surface area (Å²) in [5, 5.41) is 3.28. The monoisotopic (exact) mass is 454 g/mol. The van der Waals surface area contributed by atoms with Gasteiger partial charge in [-0.05, 0) is 37.1 Å². The minimum absolute atomic E-state index is 0.311. The van der Waals surface area contributed by atoms with E-state index in [9.17, 15) is 13.2 Å². The Balaban J connectivity index is 1.96. The van der Waals surface area contributed by atoms with Crippen LogP contribution in [0.5, 0.6) is 0 Å². The molecule has 0 fully saturated rings. The topological polar surface area (TPSA) is 66.5 Å². The van der Waals surface area contributed by atoms with Gasteiger partial charge in [-0.3, -0.25) is 9.10 Å². The lowest BCUT2D eigenvalue weighted by atomic mass is 10.2. The number of aryl methyl sites for hydroxylation is 1. The molecule has 0 saturated heterocycles. The highest BCUT2D eigenvalue weighted by Crippen LogP contribution is 2.25. The summed E-state index contributed by atoms with van der Waals surface area (Å²) in [6.07, 6.45) is 1.45. The van der Waals surface area contributed by atoms with E-state index in [0.717, 1.165) is 22.1 Å². The van der Waals surface area contributed by atoms with Gasteiger partial charge in [0.25, 0.3) is 0 Å². The second kappa shape index (κ2) is 10.9. The van der Waals surface area contributed by atoms with Crippen LogP contribution in [0.15, 0.2) is 48.5 Å². The fourth-order valence-electron chi connectivity index (χ4n) is 2.91. The minimum Gasteiger partial charge on any atom is -0.353 e. The van der Waals surface area contributed by atoms with Gasteiger partial charge < -0.3 is 5.32 Å². The molecule has 8 heteroatoms. The van der Waals surface area contributed by atoms with Gasteiger partial charge >= 0.3 is 0 Å².